The molecule has 0 fully saturated rings. The second-order valence-electron chi connectivity index (χ2n) is 3.19. The average molecular weight is 261 g/mol. The number of halogens is 1. The summed E-state index contributed by atoms with van der Waals surface area (Å²) in [6.07, 6.45) is 12.1. The Balaban J connectivity index is 1.88. The number of allylic oxidation sites excluding steroid dienone is 2. The second-order valence-corrected chi connectivity index (χ2v) is 3.98. The first-order valence-corrected chi connectivity index (χ1v) is 6.22. The monoisotopic (exact) mass is 260 g/mol. The topological polar surface area (TPSA) is 18.5 Å². The fraction of sp³-hybridized carbons (Fsp3) is 0.636. The van der Waals surface area contributed by atoms with E-state index in [1.54, 1.807) is 6.26 Å². The molecule has 0 amide bonds. The number of unbranched alkanes of at least 4 members (excludes halogenated alkanes) is 3. The summed E-state index contributed by atoms with van der Waals surface area (Å²) in [5, 5.41) is 1.10. The Kier molecular flexibility index (Phi) is 6.79. The van der Waals surface area contributed by atoms with Crippen LogP contribution in [0.2, 0.25) is 0 Å². The quantitative estimate of drug-likeness (QED) is 0.516. The van der Waals surface area contributed by atoms with Crippen LogP contribution in [-0.4, -0.2) is 18.2 Å². The van der Waals surface area contributed by atoms with Gasteiger partial charge < -0.3 is 9.47 Å². The molecular formula is C11H17BrO2. The van der Waals surface area contributed by atoms with E-state index in [4.69, 9.17) is 9.47 Å². The van der Waals surface area contributed by atoms with Gasteiger partial charge in [0.15, 0.2) is 0 Å². The van der Waals surface area contributed by atoms with E-state index in [2.05, 4.69) is 15.9 Å². The normalized spacial score (nSPS) is 19.6. The van der Waals surface area contributed by atoms with E-state index in [9.17, 15) is 0 Å². The minimum Gasteiger partial charge on any atom is -0.469 e. The molecule has 0 saturated carbocycles. The molecule has 0 radical (unpaired) electrons. The highest BCUT2D eigenvalue weighted by Gasteiger charge is 2.04. The molecule has 0 saturated heterocycles. The minimum atomic E-state index is -0.170. The maximum atomic E-state index is 5.49. The van der Waals surface area contributed by atoms with E-state index in [0.717, 1.165) is 18.4 Å². The minimum absolute atomic E-state index is 0.170. The Labute approximate surface area is 94.1 Å². The Hall–Kier alpha value is -0.280. The number of rotatable bonds is 7. The van der Waals surface area contributed by atoms with Crippen molar-refractivity contribution in [2.45, 2.75) is 32.0 Å². The van der Waals surface area contributed by atoms with Crippen LogP contribution in [0.15, 0.2) is 24.5 Å². The number of hydrogen-bond donors (Lipinski definition) is 0. The fourth-order valence-electron chi connectivity index (χ4n) is 1.21. The lowest BCUT2D eigenvalue weighted by atomic mass is 10.2. The van der Waals surface area contributed by atoms with Crippen molar-refractivity contribution in [1.82, 2.24) is 0 Å². The summed E-state index contributed by atoms with van der Waals surface area (Å²) in [5.41, 5.74) is 0. The van der Waals surface area contributed by atoms with E-state index in [-0.39, 0.29) is 6.29 Å². The van der Waals surface area contributed by atoms with Gasteiger partial charge in [0, 0.05) is 5.33 Å². The van der Waals surface area contributed by atoms with Gasteiger partial charge in [0.2, 0.25) is 6.29 Å². The third-order valence-corrected chi connectivity index (χ3v) is 2.54. The second kappa shape index (κ2) is 8.06. The highest BCUT2D eigenvalue weighted by molar-refractivity contribution is 9.09. The molecule has 0 N–H and O–H groups in total. The van der Waals surface area contributed by atoms with Crippen LogP contribution in [0.4, 0.5) is 0 Å². The molecule has 1 atom stereocenters. The van der Waals surface area contributed by atoms with Crippen molar-refractivity contribution in [3.05, 3.63) is 24.5 Å². The van der Waals surface area contributed by atoms with Crippen LogP contribution < -0.4 is 0 Å². The molecule has 0 bridgehead atoms. The van der Waals surface area contributed by atoms with E-state index in [1.165, 1.54) is 19.3 Å². The summed E-state index contributed by atoms with van der Waals surface area (Å²) < 4.78 is 10.7. The first-order chi connectivity index (χ1) is 6.93. The van der Waals surface area contributed by atoms with Crippen molar-refractivity contribution in [3.63, 3.8) is 0 Å². The molecule has 0 aromatic rings. The van der Waals surface area contributed by atoms with Crippen molar-refractivity contribution < 1.29 is 9.47 Å². The van der Waals surface area contributed by atoms with Crippen LogP contribution in [0.1, 0.15) is 25.7 Å². The molecule has 0 aliphatic carbocycles. The molecule has 1 aliphatic rings. The zero-order valence-electron chi connectivity index (χ0n) is 8.32. The summed E-state index contributed by atoms with van der Waals surface area (Å²) in [6, 6.07) is 0. The van der Waals surface area contributed by atoms with Gasteiger partial charge in [-0.05, 0) is 25.0 Å². The first kappa shape index (κ1) is 11.8. The molecule has 14 heavy (non-hydrogen) atoms. The SMILES string of the molecule is BrCCCCCCOC1C=CC=CO1. The van der Waals surface area contributed by atoms with Gasteiger partial charge >= 0.3 is 0 Å². The maximum Gasteiger partial charge on any atom is 0.219 e. The molecule has 1 aliphatic heterocycles. The van der Waals surface area contributed by atoms with Crippen molar-refractivity contribution >= 4 is 15.9 Å². The summed E-state index contributed by atoms with van der Waals surface area (Å²) >= 11 is 3.41. The Morgan fingerprint density at radius 3 is 2.71 bits per heavy atom. The number of ether oxygens (including phenoxy) is 2. The van der Waals surface area contributed by atoms with Gasteiger partial charge in [-0.1, -0.05) is 34.8 Å². The van der Waals surface area contributed by atoms with Gasteiger partial charge in [0.1, 0.15) is 0 Å². The molecule has 1 heterocycles. The van der Waals surface area contributed by atoms with Crippen LogP contribution in [0.5, 0.6) is 0 Å². The van der Waals surface area contributed by atoms with E-state index < -0.39 is 0 Å². The Morgan fingerprint density at radius 1 is 1.14 bits per heavy atom. The molecule has 80 valence electrons. The van der Waals surface area contributed by atoms with Crippen molar-refractivity contribution in [2.75, 3.05) is 11.9 Å². The highest BCUT2D eigenvalue weighted by atomic mass is 79.9. The summed E-state index contributed by atoms with van der Waals surface area (Å²) in [4.78, 5) is 0. The van der Waals surface area contributed by atoms with Crippen molar-refractivity contribution in [1.29, 1.82) is 0 Å². The zero-order valence-corrected chi connectivity index (χ0v) is 9.91. The molecule has 0 spiro atoms. The van der Waals surface area contributed by atoms with E-state index >= 15 is 0 Å². The lowest BCUT2D eigenvalue weighted by Crippen LogP contribution is -2.13. The number of hydrogen-bond acceptors (Lipinski definition) is 2. The summed E-state index contributed by atoms with van der Waals surface area (Å²) in [7, 11) is 0. The smallest absolute Gasteiger partial charge is 0.219 e. The van der Waals surface area contributed by atoms with Crippen molar-refractivity contribution in [2.24, 2.45) is 0 Å². The lowest BCUT2D eigenvalue weighted by Gasteiger charge is -2.15. The van der Waals surface area contributed by atoms with Gasteiger partial charge in [-0.15, -0.1) is 0 Å². The van der Waals surface area contributed by atoms with Gasteiger partial charge in [-0.3, -0.25) is 0 Å². The predicted molar refractivity (Wildman–Crippen MR) is 61.4 cm³/mol. The van der Waals surface area contributed by atoms with Crippen LogP contribution in [0.25, 0.3) is 0 Å². The predicted octanol–water partition coefficient (Wildman–Crippen LogP) is 3.38. The standard InChI is InChI=1S/C11H17BrO2/c12-8-4-1-2-5-9-13-11-7-3-6-10-14-11/h3,6-7,10-11H,1-2,4-5,8-9H2. The van der Waals surface area contributed by atoms with Gasteiger partial charge in [0.05, 0.1) is 12.9 Å². The molecule has 1 rings (SSSR count). The third-order valence-electron chi connectivity index (χ3n) is 1.98. The Morgan fingerprint density at radius 2 is 2.00 bits per heavy atom. The van der Waals surface area contributed by atoms with E-state index in [1.807, 2.05) is 18.2 Å². The van der Waals surface area contributed by atoms with Crippen molar-refractivity contribution in [3.8, 4) is 0 Å². The fourth-order valence-corrected chi connectivity index (χ4v) is 1.61. The zero-order chi connectivity index (χ0) is 10.1. The summed E-state index contributed by atoms with van der Waals surface area (Å²) in [5.74, 6) is 0. The molecule has 3 heteroatoms. The number of alkyl halides is 1. The molecule has 2 nitrogen and oxygen atoms in total. The largest absolute Gasteiger partial charge is 0.469 e. The molecule has 1 unspecified atom stereocenters. The van der Waals surface area contributed by atoms with Gasteiger partial charge in [-0.2, -0.15) is 0 Å². The maximum absolute atomic E-state index is 5.49. The van der Waals surface area contributed by atoms with Crippen LogP contribution in [0, 0.1) is 0 Å². The lowest BCUT2D eigenvalue weighted by molar-refractivity contribution is -0.0750. The third kappa shape index (κ3) is 5.45. The summed E-state index contributed by atoms with van der Waals surface area (Å²) in [6.45, 7) is 0.783. The van der Waals surface area contributed by atoms with Gasteiger partial charge in [-0.25, -0.2) is 0 Å². The highest BCUT2D eigenvalue weighted by Crippen LogP contribution is 2.07. The molecular weight excluding hydrogens is 244 g/mol. The van der Waals surface area contributed by atoms with Crippen LogP contribution in [0.3, 0.4) is 0 Å². The van der Waals surface area contributed by atoms with Crippen LogP contribution in [-0.2, 0) is 9.47 Å². The Bertz CT molecular complexity index is 190. The average Bonchev–Trinajstić information content (AvgIpc) is 2.25. The van der Waals surface area contributed by atoms with Crippen LogP contribution >= 0.6 is 15.9 Å². The van der Waals surface area contributed by atoms with Gasteiger partial charge in [0.25, 0.3) is 0 Å². The first-order valence-electron chi connectivity index (χ1n) is 5.10. The van der Waals surface area contributed by atoms with E-state index in [0.29, 0.717) is 0 Å². The molecule has 0 aromatic carbocycles. The molecule has 0 aromatic heterocycles.